The minimum Gasteiger partial charge on any atom is -0.258 e. The number of hydrazine groups is 1. The first-order valence-corrected chi connectivity index (χ1v) is 8.70. The molecule has 0 fully saturated rings. The molecule has 1 aromatic carbocycles. The maximum absolute atomic E-state index is 12.2. The fraction of sp³-hybridized carbons (Fsp3) is 0.429. The first kappa shape index (κ1) is 16.8. The van der Waals surface area contributed by atoms with Gasteiger partial charge in [0, 0.05) is 23.2 Å². The van der Waals surface area contributed by atoms with Crippen molar-refractivity contribution in [1.29, 1.82) is 0 Å². The summed E-state index contributed by atoms with van der Waals surface area (Å²) in [4.78, 5) is 0.0672. The summed E-state index contributed by atoms with van der Waals surface area (Å²) in [5.41, 5.74) is -0.0485. The predicted molar refractivity (Wildman–Crippen MR) is 88.5 cm³/mol. The van der Waals surface area contributed by atoms with Crippen molar-refractivity contribution in [3.05, 3.63) is 29.3 Å². The molecule has 0 radical (unpaired) electrons. The van der Waals surface area contributed by atoms with Crippen molar-refractivity contribution < 1.29 is 8.42 Å². The Morgan fingerprint density at radius 2 is 2.23 bits per heavy atom. The van der Waals surface area contributed by atoms with Crippen LogP contribution in [0.25, 0.3) is 0 Å². The zero-order valence-corrected chi connectivity index (χ0v) is 14.3. The van der Waals surface area contributed by atoms with Gasteiger partial charge in [0.25, 0.3) is 10.0 Å². The molecule has 0 saturated carbocycles. The molecule has 120 valence electrons. The zero-order valence-electron chi connectivity index (χ0n) is 12.8. The maximum Gasteiger partial charge on any atom is 0.283 e. The van der Waals surface area contributed by atoms with Crippen LogP contribution in [0.2, 0.25) is 5.02 Å². The van der Waals surface area contributed by atoms with Gasteiger partial charge in [-0.3, -0.25) is 5.01 Å². The van der Waals surface area contributed by atoms with Crippen molar-refractivity contribution in [2.75, 3.05) is 13.1 Å². The van der Waals surface area contributed by atoms with Crippen molar-refractivity contribution in [1.82, 2.24) is 10.1 Å². The third-order valence-electron chi connectivity index (χ3n) is 3.12. The molecule has 1 aromatic rings. The lowest BCUT2D eigenvalue weighted by atomic mass is 9.97. The third kappa shape index (κ3) is 3.98. The highest BCUT2D eigenvalue weighted by Gasteiger charge is 2.27. The number of benzene rings is 1. The maximum atomic E-state index is 12.2. The van der Waals surface area contributed by atoms with Crippen LogP contribution in [-0.4, -0.2) is 44.2 Å². The van der Waals surface area contributed by atoms with Crippen molar-refractivity contribution in [2.45, 2.75) is 25.7 Å². The van der Waals surface area contributed by atoms with Gasteiger partial charge in [-0.1, -0.05) is 31.5 Å². The second kappa shape index (κ2) is 6.26. The molecule has 22 heavy (non-hydrogen) atoms. The highest BCUT2D eigenvalue weighted by atomic mass is 35.5. The van der Waals surface area contributed by atoms with E-state index in [-0.39, 0.29) is 10.3 Å². The Morgan fingerprint density at radius 3 is 2.77 bits per heavy atom. The summed E-state index contributed by atoms with van der Waals surface area (Å²) < 4.78 is 28.1. The summed E-state index contributed by atoms with van der Waals surface area (Å²) in [6, 6.07) is 6.03. The number of hydrazone groups is 1. The molecular weight excluding hydrogens is 324 g/mol. The van der Waals surface area contributed by atoms with E-state index < -0.39 is 10.0 Å². The molecule has 0 N–H and O–H groups in total. The molecule has 1 aliphatic heterocycles. The van der Waals surface area contributed by atoms with Gasteiger partial charge >= 0.3 is 0 Å². The molecule has 0 bridgehead atoms. The van der Waals surface area contributed by atoms with Crippen LogP contribution in [0.1, 0.15) is 20.8 Å². The average Bonchev–Trinajstić information content (AvgIpc) is 2.80. The van der Waals surface area contributed by atoms with Crippen LogP contribution < -0.4 is 0 Å². The number of hydrogen-bond donors (Lipinski definition) is 0. The number of halogens is 1. The summed E-state index contributed by atoms with van der Waals surface area (Å²) in [7, 11) is -3.78. The number of sulfonamides is 1. The van der Waals surface area contributed by atoms with Gasteiger partial charge in [0.2, 0.25) is 0 Å². The lowest BCUT2D eigenvalue weighted by Crippen LogP contribution is -2.39. The van der Waals surface area contributed by atoms with Crippen LogP contribution in [0.3, 0.4) is 0 Å². The molecule has 1 heterocycles. The Balaban J connectivity index is 2.17. The number of rotatable bonds is 5. The fourth-order valence-electron chi connectivity index (χ4n) is 1.94. The lowest BCUT2D eigenvalue weighted by molar-refractivity contribution is 0.0545. The molecule has 1 aliphatic rings. The number of hydrogen-bond acceptors (Lipinski definition) is 4. The Hall–Kier alpha value is -1.60. The molecule has 0 atom stereocenters. The standard InChI is InChI=1S/C14H19ClN4O2S/c1-4-18(19-10-14(2,3)9-16-19)11-17-22(20,21)13-7-5-6-12(15)8-13/h5-9,11H,4,10H2,1-3H3. The van der Waals surface area contributed by atoms with E-state index in [9.17, 15) is 8.42 Å². The molecule has 0 amide bonds. The van der Waals surface area contributed by atoms with Crippen molar-refractivity contribution in [2.24, 2.45) is 14.9 Å². The Labute approximate surface area is 136 Å². The van der Waals surface area contributed by atoms with Crippen molar-refractivity contribution in [3.8, 4) is 0 Å². The van der Waals surface area contributed by atoms with Gasteiger partial charge < -0.3 is 0 Å². The van der Waals surface area contributed by atoms with E-state index in [1.54, 1.807) is 22.3 Å². The van der Waals surface area contributed by atoms with Gasteiger partial charge in [0.15, 0.2) is 0 Å². The van der Waals surface area contributed by atoms with E-state index in [4.69, 9.17) is 11.6 Å². The quantitative estimate of drug-likeness (QED) is 0.609. The molecular formula is C14H19ClN4O2S. The van der Waals surface area contributed by atoms with Crippen molar-refractivity contribution >= 4 is 34.2 Å². The van der Waals surface area contributed by atoms with Crippen LogP contribution in [0.4, 0.5) is 0 Å². The smallest absolute Gasteiger partial charge is 0.258 e. The van der Waals surface area contributed by atoms with E-state index in [0.29, 0.717) is 18.1 Å². The monoisotopic (exact) mass is 342 g/mol. The number of nitrogens with zero attached hydrogens (tertiary/aromatic N) is 4. The minimum absolute atomic E-state index is 0.0485. The summed E-state index contributed by atoms with van der Waals surface area (Å²) in [6.45, 7) is 7.25. The first-order valence-electron chi connectivity index (χ1n) is 6.89. The summed E-state index contributed by atoms with van der Waals surface area (Å²) in [6.07, 6.45) is 3.13. The van der Waals surface area contributed by atoms with Gasteiger partial charge in [0.05, 0.1) is 11.4 Å². The minimum atomic E-state index is -3.78. The molecule has 6 nitrogen and oxygen atoms in total. The van der Waals surface area contributed by atoms with E-state index in [1.807, 2.05) is 13.1 Å². The van der Waals surface area contributed by atoms with E-state index in [2.05, 4.69) is 23.3 Å². The fourth-order valence-corrected chi connectivity index (χ4v) is 3.07. The van der Waals surface area contributed by atoms with Gasteiger partial charge in [0.1, 0.15) is 6.34 Å². The molecule has 2 rings (SSSR count). The largest absolute Gasteiger partial charge is 0.283 e. The topological polar surface area (TPSA) is 65.3 Å². The van der Waals surface area contributed by atoms with Gasteiger partial charge in [-0.05, 0) is 25.1 Å². The van der Waals surface area contributed by atoms with E-state index in [0.717, 1.165) is 0 Å². The SMILES string of the molecule is CCN(C=NS(=O)(=O)c1cccc(Cl)c1)N1CC(C)(C)C=N1. The zero-order chi connectivity index (χ0) is 16.4. The van der Waals surface area contributed by atoms with Gasteiger partial charge in [-0.2, -0.15) is 13.5 Å². The van der Waals surface area contributed by atoms with Gasteiger partial charge in [-0.25, -0.2) is 5.12 Å². The molecule has 0 spiro atoms. The molecule has 0 aromatic heterocycles. The molecule has 8 heteroatoms. The molecule has 0 saturated heterocycles. The normalized spacial score (nSPS) is 17.4. The molecule has 0 aliphatic carbocycles. The Morgan fingerprint density at radius 1 is 1.50 bits per heavy atom. The van der Waals surface area contributed by atoms with Crippen LogP contribution in [0, 0.1) is 5.41 Å². The highest BCUT2D eigenvalue weighted by molar-refractivity contribution is 7.90. The van der Waals surface area contributed by atoms with Crippen LogP contribution in [0.5, 0.6) is 0 Å². The van der Waals surface area contributed by atoms with Gasteiger partial charge in [-0.15, -0.1) is 4.40 Å². The second-order valence-corrected chi connectivity index (χ2v) is 7.74. The Kier molecular flexibility index (Phi) is 4.77. The highest BCUT2D eigenvalue weighted by Crippen LogP contribution is 2.22. The van der Waals surface area contributed by atoms with E-state index in [1.165, 1.54) is 18.5 Å². The third-order valence-corrected chi connectivity index (χ3v) is 4.58. The molecule has 0 unspecified atom stereocenters. The van der Waals surface area contributed by atoms with Crippen LogP contribution >= 0.6 is 11.6 Å². The average molecular weight is 343 g/mol. The summed E-state index contributed by atoms with van der Waals surface area (Å²) in [5.74, 6) is 0. The summed E-state index contributed by atoms with van der Waals surface area (Å²) >= 11 is 5.82. The van der Waals surface area contributed by atoms with Crippen LogP contribution in [-0.2, 0) is 10.0 Å². The Bertz CT molecular complexity index is 701. The predicted octanol–water partition coefficient (Wildman–Crippen LogP) is 2.62. The van der Waals surface area contributed by atoms with E-state index >= 15 is 0 Å². The summed E-state index contributed by atoms with van der Waals surface area (Å²) in [5, 5.41) is 8.00. The first-order chi connectivity index (χ1) is 10.2. The van der Waals surface area contributed by atoms with Crippen molar-refractivity contribution in [3.63, 3.8) is 0 Å². The lowest BCUT2D eigenvalue weighted by Gasteiger charge is -2.28. The second-order valence-electron chi connectivity index (χ2n) is 5.67. The van der Waals surface area contributed by atoms with Crippen LogP contribution in [0.15, 0.2) is 38.7 Å².